The van der Waals surface area contributed by atoms with Crippen LogP contribution in [0.5, 0.6) is 0 Å². The molecule has 4 nitrogen and oxygen atoms in total. The van der Waals surface area contributed by atoms with E-state index >= 15 is 0 Å². The van der Waals surface area contributed by atoms with E-state index in [9.17, 15) is 18.4 Å². The molecule has 2 fully saturated rings. The Hall–Kier alpha value is -1.98. The molecule has 1 aromatic carbocycles. The minimum absolute atomic E-state index is 0.0203. The van der Waals surface area contributed by atoms with Crippen LogP contribution in [0.15, 0.2) is 18.2 Å². The van der Waals surface area contributed by atoms with Crippen LogP contribution in [0.2, 0.25) is 0 Å². The maximum absolute atomic E-state index is 13.2. The molecule has 0 bridgehead atoms. The summed E-state index contributed by atoms with van der Waals surface area (Å²) in [5.41, 5.74) is 0.576. The standard InChI is InChI=1S/C15H15F2NO3/c16-11-4-3-8(5-12(11)17)9-6-10(9)14(19)18-13(15(20)21)7-1-2-7/h3-5,7,9-10,13H,1-2,6H2,(H,18,19)(H,20,21). The second-order valence-electron chi connectivity index (χ2n) is 5.78. The molecule has 0 aliphatic heterocycles. The summed E-state index contributed by atoms with van der Waals surface area (Å²) in [7, 11) is 0. The van der Waals surface area contributed by atoms with Crippen molar-refractivity contribution in [3.8, 4) is 0 Å². The molecule has 2 aliphatic rings. The van der Waals surface area contributed by atoms with Crippen LogP contribution in [-0.4, -0.2) is 23.0 Å². The second-order valence-corrected chi connectivity index (χ2v) is 5.78. The third-order valence-electron chi connectivity index (χ3n) is 4.16. The minimum Gasteiger partial charge on any atom is -0.480 e. The molecule has 0 aromatic heterocycles. The molecule has 1 aromatic rings. The van der Waals surface area contributed by atoms with Gasteiger partial charge in [-0.3, -0.25) is 4.79 Å². The molecule has 3 unspecified atom stereocenters. The molecule has 3 atom stereocenters. The van der Waals surface area contributed by atoms with Crippen molar-refractivity contribution in [3.63, 3.8) is 0 Å². The molecule has 0 saturated heterocycles. The predicted octanol–water partition coefficient (Wildman–Crippen LogP) is 2.05. The van der Waals surface area contributed by atoms with Gasteiger partial charge in [0.05, 0.1) is 0 Å². The van der Waals surface area contributed by atoms with E-state index in [1.54, 1.807) is 0 Å². The second kappa shape index (κ2) is 5.09. The fourth-order valence-corrected chi connectivity index (χ4v) is 2.67. The van der Waals surface area contributed by atoms with Crippen molar-refractivity contribution in [2.45, 2.75) is 31.2 Å². The van der Waals surface area contributed by atoms with Crippen LogP contribution in [0.4, 0.5) is 8.78 Å². The third kappa shape index (κ3) is 2.89. The van der Waals surface area contributed by atoms with E-state index in [0.717, 1.165) is 25.0 Å². The minimum atomic E-state index is -1.02. The zero-order chi connectivity index (χ0) is 15.1. The number of halogens is 2. The monoisotopic (exact) mass is 295 g/mol. The molecule has 3 rings (SSSR count). The number of hydrogen-bond donors (Lipinski definition) is 2. The molecule has 2 aliphatic carbocycles. The lowest BCUT2D eigenvalue weighted by Gasteiger charge is -2.13. The number of rotatable bonds is 5. The quantitative estimate of drug-likeness (QED) is 0.873. The van der Waals surface area contributed by atoms with Crippen molar-refractivity contribution in [1.29, 1.82) is 0 Å². The Morgan fingerprint density at radius 1 is 1.24 bits per heavy atom. The average molecular weight is 295 g/mol. The van der Waals surface area contributed by atoms with Gasteiger partial charge in [0.25, 0.3) is 0 Å². The number of aliphatic carboxylic acids is 1. The molecule has 0 radical (unpaired) electrons. The van der Waals surface area contributed by atoms with Gasteiger partial charge in [0, 0.05) is 5.92 Å². The molecular weight excluding hydrogens is 280 g/mol. The van der Waals surface area contributed by atoms with E-state index in [1.165, 1.54) is 6.07 Å². The molecular formula is C15H15F2NO3. The molecule has 2 N–H and O–H groups in total. The van der Waals surface area contributed by atoms with Crippen LogP contribution in [0.3, 0.4) is 0 Å². The van der Waals surface area contributed by atoms with Gasteiger partial charge in [0.2, 0.25) is 5.91 Å². The number of carboxylic acid groups (broad SMARTS) is 1. The van der Waals surface area contributed by atoms with Crippen LogP contribution < -0.4 is 5.32 Å². The Kier molecular flexibility index (Phi) is 3.39. The van der Waals surface area contributed by atoms with Gasteiger partial charge in [-0.05, 0) is 48.8 Å². The zero-order valence-electron chi connectivity index (χ0n) is 11.2. The van der Waals surface area contributed by atoms with Crippen LogP contribution in [0, 0.1) is 23.5 Å². The fourth-order valence-electron chi connectivity index (χ4n) is 2.67. The van der Waals surface area contributed by atoms with Crippen molar-refractivity contribution in [3.05, 3.63) is 35.4 Å². The number of hydrogen-bond acceptors (Lipinski definition) is 2. The number of benzene rings is 1. The van der Waals surface area contributed by atoms with Crippen molar-refractivity contribution < 1.29 is 23.5 Å². The van der Waals surface area contributed by atoms with Crippen molar-refractivity contribution in [2.75, 3.05) is 0 Å². The van der Waals surface area contributed by atoms with Crippen LogP contribution in [0.1, 0.15) is 30.7 Å². The molecule has 112 valence electrons. The number of carbonyl (C=O) groups excluding carboxylic acids is 1. The van der Waals surface area contributed by atoms with E-state index < -0.39 is 23.6 Å². The summed E-state index contributed by atoms with van der Waals surface area (Å²) in [6, 6.07) is 2.78. The van der Waals surface area contributed by atoms with Gasteiger partial charge < -0.3 is 10.4 Å². The maximum Gasteiger partial charge on any atom is 0.326 e. The Morgan fingerprint density at radius 3 is 2.52 bits per heavy atom. The van der Waals surface area contributed by atoms with Crippen LogP contribution >= 0.6 is 0 Å². The largest absolute Gasteiger partial charge is 0.480 e. The number of carbonyl (C=O) groups is 2. The predicted molar refractivity (Wildman–Crippen MR) is 69.5 cm³/mol. The van der Waals surface area contributed by atoms with Crippen molar-refractivity contribution in [1.82, 2.24) is 5.32 Å². The summed E-state index contributed by atoms with van der Waals surface area (Å²) in [5, 5.41) is 11.6. The van der Waals surface area contributed by atoms with Gasteiger partial charge in [-0.25, -0.2) is 13.6 Å². The highest BCUT2D eigenvalue weighted by Crippen LogP contribution is 2.48. The lowest BCUT2D eigenvalue weighted by atomic mass is 10.1. The zero-order valence-corrected chi connectivity index (χ0v) is 11.2. The SMILES string of the molecule is O=C(NC(C(=O)O)C1CC1)C1CC1c1ccc(F)c(F)c1. The first-order valence-electron chi connectivity index (χ1n) is 6.95. The van der Waals surface area contributed by atoms with Crippen LogP contribution in [0.25, 0.3) is 0 Å². The first-order chi connectivity index (χ1) is 9.97. The number of amides is 1. The van der Waals surface area contributed by atoms with Gasteiger partial charge in [0.1, 0.15) is 6.04 Å². The smallest absolute Gasteiger partial charge is 0.326 e. The van der Waals surface area contributed by atoms with E-state index in [-0.39, 0.29) is 23.7 Å². The van der Waals surface area contributed by atoms with E-state index in [4.69, 9.17) is 5.11 Å². The lowest BCUT2D eigenvalue weighted by molar-refractivity contribution is -0.142. The highest BCUT2D eigenvalue weighted by atomic mass is 19.2. The summed E-state index contributed by atoms with van der Waals surface area (Å²) in [6.45, 7) is 0. The lowest BCUT2D eigenvalue weighted by Crippen LogP contribution is -2.43. The fraction of sp³-hybridized carbons (Fsp3) is 0.467. The van der Waals surface area contributed by atoms with Gasteiger partial charge in [-0.1, -0.05) is 6.07 Å². The van der Waals surface area contributed by atoms with E-state index in [1.807, 2.05) is 0 Å². The van der Waals surface area contributed by atoms with E-state index in [0.29, 0.717) is 12.0 Å². The third-order valence-corrected chi connectivity index (χ3v) is 4.16. The summed E-state index contributed by atoms with van der Waals surface area (Å²) in [5.74, 6) is -3.67. The molecule has 1 amide bonds. The summed E-state index contributed by atoms with van der Waals surface area (Å²) in [4.78, 5) is 23.1. The first-order valence-corrected chi connectivity index (χ1v) is 6.95. The highest BCUT2D eigenvalue weighted by molar-refractivity contribution is 5.87. The van der Waals surface area contributed by atoms with Gasteiger partial charge in [-0.2, -0.15) is 0 Å². The number of nitrogens with one attached hydrogen (secondary N) is 1. The summed E-state index contributed by atoms with van der Waals surface area (Å²) >= 11 is 0. The van der Waals surface area contributed by atoms with Gasteiger partial charge in [0.15, 0.2) is 11.6 Å². The Labute approximate surface area is 120 Å². The summed E-state index contributed by atoms with van der Waals surface area (Å²) < 4.78 is 26.0. The normalized spacial score (nSPS) is 25.2. The van der Waals surface area contributed by atoms with Gasteiger partial charge in [-0.15, -0.1) is 0 Å². The Bertz CT molecular complexity index is 601. The van der Waals surface area contributed by atoms with Crippen molar-refractivity contribution >= 4 is 11.9 Å². The molecule has 2 saturated carbocycles. The highest BCUT2D eigenvalue weighted by Gasteiger charge is 2.46. The van der Waals surface area contributed by atoms with E-state index in [2.05, 4.69) is 5.32 Å². The van der Waals surface area contributed by atoms with Crippen molar-refractivity contribution in [2.24, 2.45) is 11.8 Å². The van der Waals surface area contributed by atoms with Crippen LogP contribution in [-0.2, 0) is 9.59 Å². The molecule has 0 heterocycles. The maximum atomic E-state index is 13.2. The molecule has 21 heavy (non-hydrogen) atoms. The Morgan fingerprint density at radius 2 is 1.95 bits per heavy atom. The molecule has 0 spiro atoms. The van der Waals surface area contributed by atoms with Gasteiger partial charge >= 0.3 is 5.97 Å². The number of carboxylic acids is 1. The Balaban J connectivity index is 1.62. The molecule has 6 heteroatoms. The topological polar surface area (TPSA) is 66.4 Å². The summed E-state index contributed by atoms with van der Waals surface area (Å²) in [6.07, 6.45) is 2.16. The average Bonchev–Trinajstić information content (AvgIpc) is 3.30. The first kappa shape index (κ1) is 14.0.